The highest BCUT2D eigenvalue weighted by Gasteiger charge is 2.30. The molecule has 0 N–H and O–H groups in total. The molecule has 0 radical (unpaired) electrons. The highest BCUT2D eigenvalue weighted by Crippen LogP contribution is 2.28. The quantitative estimate of drug-likeness (QED) is 0.615. The lowest BCUT2D eigenvalue weighted by molar-refractivity contribution is -0.138. The van der Waals surface area contributed by atoms with Crippen molar-refractivity contribution in [3.05, 3.63) is 59.1 Å². The van der Waals surface area contributed by atoms with Gasteiger partial charge in [-0.3, -0.25) is 14.4 Å². The van der Waals surface area contributed by atoms with Crippen molar-refractivity contribution >= 4 is 45.0 Å². The number of hydrogen-bond acceptors (Lipinski definition) is 5. The van der Waals surface area contributed by atoms with E-state index >= 15 is 0 Å². The number of thiophene rings is 1. The van der Waals surface area contributed by atoms with E-state index in [0.717, 1.165) is 21.5 Å². The van der Waals surface area contributed by atoms with Gasteiger partial charge < -0.3 is 14.4 Å². The molecule has 0 aliphatic carbocycles. The van der Waals surface area contributed by atoms with E-state index in [1.54, 1.807) is 21.1 Å². The van der Waals surface area contributed by atoms with Crippen LogP contribution in [0.2, 0.25) is 0 Å². The third-order valence-corrected chi connectivity index (χ3v) is 6.85. The number of aromatic nitrogens is 1. The number of rotatable bonds is 3. The average molecular weight is 450 g/mol. The van der Waals surface area contributed by atoms with Crippen molar-refractivity contribution in [2.45, 2.75) is 13.5 Å². The van der Waals surface area contributed by atoms with Gasteiger partial charge in [0.15, 0.2) is 0 Å². The van der Waals surface area contributed by atoms with Gasteiger partial charge in [-0.2, -0.15) is 5.10 Å². The summed E-state index contributed by atoms with van der Waals surface area (Å²) >= 11 is 1.59. The fourth-order valence-electron chi connectivity index (χ4n) is 4.21. The molecule has 164 valence electrons. The molecule has 3 aromatic rings. The SMILES string of the molecule is CC(=O)N1CCN(C(=O)CN2N=C(c3ccccc3)Cn3c(cc4sccc43)C2=O)CC1. The lowest BCUT2D eigenvalue weighted by atomic mass is 10.1. The van der Waals surface area contributed by atoms with Gasteiger partial charge in [0.2, 0.25) is 11.8 Å². The van der Waals surface area contributed by atoms with E-state index in [9.17, 15) is 14.4 Å². The smallest absolute Gasteiger partial charge is 0.291 e. The van der Waals surface area contributed by atoms with Crippen molar-refractivity contribution in [2.24, 2.45) is 5.10 Å². The van der Waals surface area contributed by atoms with Gasteiger partial charge in [-0.1, -0.05) is 30.3 Å². The molecule has 1 fully saturated rings. The average Bonchev–Trinajstić information content (AvgIpc) is 3.37. The lowest BCUT2D eigenvalue weighted by Crippen LogP contribution is -2.52. The summed E-state index contributed by atoms with van der Waals surface area (Å²) < 4.78 is 3.02. The molecule has 5 rings (SSSR count). The van der Waals surface area contributed by atoms with E-state index in [-0.39, 0.29) is 24.3 Å². The van der Waals surface area contributed by atoms with Crippen molar-refractivity contribution in [3.8, 4) is 0 Å². The summed E-state index contributed by atoms with van der Waals surface area (Å²) in [6.07, 6.45) is 0. The zero-order chi connectivity index (χ0) is 22.2. The van der Waals surface area contributed by atoms with Crippen LogP contribution in [-0.4, -0.2) is 75.5 Å². The Bertz CT molecular complexity index is 1220. The van der Waals surface area contributed by atoms with E-state index in [0.29, 0.717) is 38.4 Å². The third kappa shape index (κ3) is 3.69. The normalized spacial score (nSPS) is 16.7. The summed E-state index contributed by atoms with van der Waals surface area (Å²) in [4.78, 5) is 41.4. The van der Waals surface area contributed by atoms with Crippen molar-refractivity contribution in [1.29, 1.82) is 0 Å². The Morgan fingerprint density at radius 3 is 2.47 bits per heavy atom. The first kappa shape index (κ1) is 20.4. The van der Waals surface area contributed by atoms with Gasteiger partial charge >= 0.3 is 0 Å². The second kappa shape index (κ2) is 8.23. The number of benzene rings is 1. The monoisotopic (exact) mass is 449 g/mol. The first-order valence-corrected chi connectivity index (χ1v) is 11.4. The zero-order valence-corrected chi connectivity index (χ0v) is 18.5. The molecule has 2 aliphatic rings. The first-order chi connectivity index (χ1) is 15.5. The van der Waals surface area contributed by atoms with Crippen molar-refractivity contribution in [2.75, 3.05) is 32.7 Å². The Balaban J connectivity index is 1.45. The summed E-state index contributed by atoms with van der Waals surface area (Å²) in [7, 11) is 0. The number of hydrogen-bond donors (Lipinski definition) is 0. The molecule has 3 amide bonds. The Morgan fingerprint density at radius 1 is 1.03 bits per heavy atom. The van der Waals surface area contributed by atoms with Crippen LogP contribution in [0.5, 0.6) is 0 Å². The summed E-state index contributed by atoms with van der Waals surface area (Å²) in [5, 5.41) is 7.96. The molecule has 0 saturated carbocycles. The van der Waals surface area contributed by atoms with Crippen LogP contribution in [-0.2, 0) is 16.1 Å². The number of piperazine rings is 1. The summed E-state index contributed by atoms with van der Waals surface area (Å²) in [5.41, 5.74) is 3.18. The van der Waals surface area contributed by atoms with Crippen molar-refractivity contribution in [1.82, 2.24) is 19.4 Å². The van der Waals surface area contributed by atoms with E-state index < -0.39 is 0 Å². The van der Waals surface area contributed by atoms with Crippen LogP contribution in [0.3, 0.4) is 0 Å². The molecule has 4 heterocycles. The Morgan fingerprint density at radius 2 is 1.75 bits per heavy atom. The standard InChI is InChI=1S/C23H23N5O3S/c1-16(29)25-8-10-26(11-9-25)22(30)15-28-23(31)20-13-21-19(7-12-32-21)27(20)14-18(24-28)17-5-3-2-4-6-17/h2-7,12-13H,8-11,14-15H2,1H3. The number of hydrazone groups is 1. The molecule has 9 heteroatoms. The number of fused-ring (bicyclic) bond motifs is 3. The van der Waals surface area contributed by atoms with Crippen LogP contribution >= 0.6 is 11.3 Å². The van der Waals surface area contributed by atoms with Crippen LogP contribution < -0.4 is 0 Å². The van der Waals surface area contributed by atoms with Crippen molar-refractivity contribution < 1.29 is 14.4 Å². The van der Waals surface area contributed by atoms with Gasteiger partial charge in [0.05, 0.1) is 22.5 Å². The number of carbonyl (C=O) groups excluding carboxylic acids is 3. The molecule has 1 saturated heterocycles. The zero-order valence-electron chi connectivity index (χ0n) is 17.7. The molecule has 0 spiro atoms. The minimum atomic E-state index is -0.282. The second-order valence-corrected chi connectivity index (χ2v) is 8.90. The Kier molecular flexibility index (Phi) is 5.26. The minimum absolute atomic E-state index is 0.0117. The van der Waals surface area contributed by atoms with Gasteiger partial charge in [0, 0.05) is 33.1 Å². The van der Waals surface area contributed by atoms with Gasteiger partial charge in [0.1, 0.15) is 12.2 Å². The van der Waals surface area contributed by atoms with Crippen LogP contribution in [0, 0.1) is 0 Å². The molecule has 0 atom stereocenters. The van der Waals surface area contributed by atoms with E-state index in [1.807, 2.05) is 52.4 Å². The largest absolute Gasteiger partial charge is 0.339 e. The second-order valence-electron chi connectivity index (χ2n) is 7.95. The fourth-order valence-corrected chi connectivity index (χ4v) is 5.04. The van der Waals surface area contributed by atoms with E-state index in [1.165, 1.54) is 11.9 Å². The topological polar surface area (TPSA) is 78.2 Å². The minimum Gasteiger partial charge on any atom is -0.339 e. The maximum absolute atomic E-state index is 13.4. The predicted molar refractivity (Wildman–Crippen MR) is 123 cm³/mol. The fraction of sp³-hybridized carbons (Fsp3) is 0.304. The maximum atomic E-state index is 13.4. The van der Waals surface area contributed by atoms with E-state index in [2.05, 4.69) is 5.10 Å². The molecule has 2 aliphatic heterocycles. The summed E-state index contributed by atoms with van der Waals surface area (Å²) in [5.74, 6) is -0.438. The molecule has 8 nitrogen and oxygen atoms in total. The van der Waals surface area contributed by atoms with E-state index in [4.69, 9.17) is 0 Å². The first-order valence-electron chi connectivity index (χ1n) is 10.6. The molecular weight excluding hydrogens is 426 g/mol. The lowest BCUT2D eigenvalue weighted by Gasteiger charge is -2.34. The molecule has 2 aromatic heterocycles. The highest BCUT2D eigenvalue weighted by molar-refractivity contribution is 7.17. The van der Waals surface area contributed by atoms with Gasteiger partial charge in [-0.25, -0.2) is 5.01 Å². The van der Waals surface area contributed by atoms with Crippen LogP contribution in [0.4, 0.5) is 0 Å². The number of nitrogens with zero attached hydrogens (tertiary/aromatic N) is 5. The van der Waals surface area contributed by atoms with Gasteiger partial charge in [0.25, 0.3) is 5.91 Å². The number of carbonyl (C=O) groups is 3. The Labute approximate surface area is 189 Å². The van der Waals surface area contributed by atoms with Crippen LogP contribution in [0.15, 0.2) is 52.9 Å². The maximum Gasteiger partial charge on any atom is 0.291 e. The molecule has 1 aromatic carbocycles. The van der Waals surface area contributed by atoms with Gasteiger partial charge in [-0.05, 0) is 23.1 Å². The third-order valence-electron chi connectivity index (χ3n) is 6.00. The molecule has 0 bridgehead atoms. The Hall–Kier alpha value is -3.46. The van der Waals surface area contributed by atoms with Crippen LogP contribution in [0.1, 0.15) is 23.0 Å². The summed E-state index contributed by atoms with van der Waals surface area (Å²) in [6.45, 7) is 3.79. The van der Waals surface area contributed by atoms with Crippen LogP contribution in [0.25, 0.3) is 10.2 Å². The summed E-state index contributed by atoms with van der Waals surface area (Å²) in [6, 6.07) is 13.6. The molecular formula is C23H23N5O3S. The highest BCUT2D eigenvalue weighted by atomic mass is 32.1. The molecule has 32 heavy (non-hydrogen) atoms. The number of amides is 3. The van der Waals surface area contributed by atoms with Gasteiger partial charge in [-0.15, -0.1) is 11.3 Å². The van der Waals surface area contributed by atoms with Crippen molar-refractivity contribution in [3.63, 3.8) is 0 Å². The predicted octanol–water partition coefficient (Wildman–Crippen LogP) is 2.25. The molecule has 0 unspecified atom stereocenters.